The van der Waals surface area contributed by atoms with Crippen LogP contribution in [0.2, 0.25) is 0 Å². The molecular formula is C17H27NO3S. The molecule has 0 unspecified atom stereocenters. The van der Waals surface area contributed by atoms with Crippen molar-refractivity contribution in [2.24, 2.45) is 0 Å². The van der Waals surface area contributed by atoms with Gasteiger partial charge in [0.05, 0.1) is 4.90 Å². The first kappa shape index (κ1) is 17.4. The van der Waals surface area contributed by atoms with Crippen LogP contribution < -0.4 is 4.72 Å². The molecule has 1 N–H and O–H groups in total. The Kier molecular flexibility index (Phi) is 6.86. The molecule has 0 heterocycles. The quantitative estimate of drug-likeness (QED) is 0.710. The highest BCUT2D eigenvalue weighted by Gasteiger charge is 2.17. The van der Waals surface area contributed by atoms with Crippen LogP contribution in [0.4, 0.5) is 0 Å². The summed E-state index contributed by atoms with van der Waals surface area (Å²) in [4.78, 5) is 0.389. The molecular weight excluding hydrogens is 298 g/mol. The summed E-state index contributed by atoms with van der Waals surface area (Å²) in [6, 6.07) is 5.54. The summed E-state index contributed by atoms with van der Waals surface area (Å²) >= 11 is 0. The number of nitrogens with one attached hydrogen (secondary N) is 1. The summed E-state index contributed by atoms with van der Waals surface area (Å²) in [5, 5.41) is 0. The van der Waals surface area contributed by atoms with E-state index in [0.29, 0.717) is 24.5 Å². The number of benzene rings is 1. The average molecular weight is 325 g/mol. The Morgan fingerprint density at radius 3 is 2.59 bits per heavy atom. The van der Waals surface area contributed by atoms with E-state index in [9.17, 15) is 8.42 Å². The fraction of sp³-hybridized carbons (Fsp3) is 0.647. The maximum atomic E-state index is 12.3. The van der Waals surface area contributed by atoms with Crippen molar-refractivity contribution in [2.45, 2.75) is 56.8 Å². The summed E-state index contributed by atoms with van der Waals surface area (Å²) in [5.41, 5.74) is 2.49. The van der Waals surface area contributed by atoms with Gasteiger partial charge in [-0.2, -0.15) is 0 Å². The SMILES string of the molecule is CCCCOCCCNS(=O)(=O)c1ccc2c(c1)CCCC2. The molecule has 0 saturated heterocycles. The Morgan fingerprint density at radius 1 is 1.09 bits per heavy atom. The summed E-state index contributed by atoms with van der Waals surface area (Å²) in [6.45, 7) is 3.91. The topological polar surface area (TPSA) is 55.4 Å². The smallest absolute Gasteiger partial charge is 0.240 e. The minimum atomic E-state index is -3.40. The van der Waals surface area contributed by atoms with Gasteiger partial charge in [0, 0.05) is 19.8 Å². The zero-order valence-electron chi connectivity index (χ0n) is 13.4. The van der Waals surface area contributed by atoms with Crippen LogP contribution in [0.25, 0.3) is 0 Å². The van der Waals surface area contributed by atoms with Gasteiger partial charge in [-0.05, 0) is 61.8 Å². The van der Waals surface area contributed by atoms with Crippen LogP contribution in [-0.4, -0.2) is 28.2 Å². The highest BCUT2D eigenvalue weighted by molar-refractivity contribution is 7.89. The van der Waals surface area contributed by atoms with Gasteiger partial charge < -0.3 is 4.74 Å². The van der Waals surface area contributed by atoms with E-state index in [1.807, 2.05) is 12.1 Å². The van der Waals surface area contributed by atoms with E-state index in [4.69, 9.17) is 4.74 Å². The number of ether oxygens (including phenoxy) is 1. The van der Waals surface area contributed by atoms with Crippen LogP contribution >= 0.6 is 0 Å². The van der Waals surface area contributed by atoms with Gasteiger partial charge in [-0.25, -0.2) is 13.1 Å². The monoisotopic (exact) mass is 325 g/mol. The van der Waals surface area contributed by atoms with Gasteiger partial charge in [0.1, 0.15) is 0 Å². The van der Waals surface area contributed by atoms with E-state index in [2.05, 4.69) is 11.6 Å². The van der Waals surface area contributed by atoms with Crippen molar-refractivity contribution >= 4 is 10.0 Å². The maximum Gasteiger partial charge on any atom is 0.240 e. The van der Waals surface area contributed by atoms with Crippen LogP contribution in [0.3, 0.4) is 0 Å². The first-order chi connectivity index (χ1) is 10.6. The third kappa shape index (κ3) is 5.07. The molecule has 1 aromatic rings. The molecule has 0 radical (unpaired) electrons. The summed E-state index contributed by atoms with van der Waals surface area (Å²) < 4.78 is 32.7. The maximum absolute atomic E-state index is 12.3. The second-order valence-electron chi connectivity index (χ2n) is 5.85. The van der Waals surface area contributed by atoms with Crippen LogP contribution in [-0.2, 0) is 27.6 Å². The fourth-order valence-corrected chi connectivity index (χ4v) is 3.81. The number of rotatable bonds is 9. The first-order valence-electron chi connectivity index (χ1n) is 8.32. The Labute approximate surface area is 134 Å². The Balaban J connectivity index is 1.82. The lowest BCUT2D eigenvalue weighted by molar-refractivity contribution is 0.130. The van der Waals surface area contributed by atoms with E-state index in [1.165, 1.54) is 17.5 Å². The first-order valence-corrected chi connectivity index (χ1v) is 9.81. The van der Waals surface area contributed by atoms with E-state index in [1.54, 1.807) is 6.07 Å². The van der Waals surface area contributed by atoms with Crippen LogP contribution in [0.5, 0.6) is 0 Å². The number of aryl methyl sites for hydroxylation is 2. The summed E-state index contributed by atoms with van der Waals surface area (Å²) in [6.07, 6.45) is 7.29. The van der Waals surface area contributed by atoms with E-state index < -0.39 is 10.0 Å². The largest absolute Gasteiger partial charge is 0.381 e. The van der Waals surface area contributed by atoms with Gasteiger partial charge in [-0.15, -0.1) is 0 Å². The second kappa shape index (κ2) is 8.65. The van der Waals surface area contributed by atoms with Crippen LogP contribution in [0.15, 0.2) is 23.1 Å². The number of hydrogen-bond donors (Lipinski definition) is 1. The molecule has 22 heavy (non-hydrogen) atoms. The van der Waals surface area contributed by atoms with E-state index >= 15 is 0 Å². The lowest BCUT2D eigenvalue weighted by Gasteiger charge is -2.16. The normalized spacial score (nSPS) is 14.8. The molecule has 1 aliphatic carbocycles. The molecule has 2 rings (SSSR count). The average Bonchev–Trinajstić information content (AvgIpc) is 2.53. The van der Waals surface area contributed by atoms with Gasteiger partial charge in [-0.3, -0.25) is 0 Å². The summed E-state index contributed by atoms with van der Waals surface area (Å²) in [5.74, 6) is 0. The van der Waals surface area contributed by atoms with Crippen molar-refractivity contribution in [2.75, 3.05) is 19.8 Å². The standard InChI is InChI=1S/C17H27NO3S/c1-2-3-12-21-13-6-11-18-22(19,20)17-10-9-15-7-4-5-8-16(15)14-17/h9-10,14,18H,2-8,11-13H2,1H3. The molecule has 0 amide bonds. The zero-order chi connectivity index (χ0) is 15.8. The molecule has 124 valence electrons. The lowest BCUT2D eigenvalue weighted by atomic mass is 9.92. The number of sulfonamides is 1. The van der Waals surface area contributed by atoms with Gasteiger partial charge in [0.25, 0.3) is 0 Å². The van der Waals surface area contributed by atoms with Crippen molar-refractivity contribution in [3.8, 4) is 0 Å². The molecule has 4 nitrogen and oxygen atoms in total. The van der Waals surface area contributed by atoms with Gasteiger partial charge in [0.2, 0.25) is 10.0 Å². The van der Waals surface area contributed by atoms with Crippen molar-refractivity contribution in [3.05, 3.63) is 29.3 Å². The van der Waals surface area contributed by atoms with Gasteiger partial charge in [0.15, 0.2) is 0 Å². The molecule has 1 aromatic carbocycles. The predicted molar refractivity (Wildman–Crippen MR) is 88.6 cm³/mol. The highest BCUT2D eigenvalue weighted by atomic mass is 32.2. The molecule has 0 spiro atoms. The minimum Gasteiger partial charge on any atom is -0.381 e. The molecule has 0 aliphatic heterocycles. The van der Waals surface area contributed by atoms with Crippen LogP contribution in [0, 0.1) is 0 Å². The third-order valence-corrected chi connectivity index (χ3v) is 5.49. The van der Waals surface area contributed by atoms with Crippen molar-refractivity contribution < 1.29 is 13.2 Å². The Morgan fingerprint density at radius 2 is 1.82 bits per heavy atom. The predicted octanol–water partition coefficient (Wildman–Crippen LogP) is 3.05. The molecule has 0 fully saturated rings. The second-order valence-corrected chi connectivity index (χ2v) is 7.62. The molecule has 0 bridgehead atoms. The number of fused-ring (bicyclic) bond motifs is 1. The lowest BCUT2D eigenvalue weighted by Crippen LogP contribution is -2.26. The van der Waals surface area contributed by atoms with E-state index in [-0.39, 0.29) is 0 Å². The molecule has 5 heteroatoms. The number of hydrogen-bond acceptors (Lipinski definition) is 3. The Bertz CT molecular complexity index is 569. The van der Waals surface area contributed by atoms with Crippen LogP contribution in [0.1, 0.15) is 50.2 Å². The third-order valence-electron chi connectivity index (χ3n) is 4.03. The minimum absolute atomic E-state index is 0.389. The molecule has 0 atom stereocenters. The van der Waals surface area contributed by atoms with Gasteiger partial charge >= 0.3 is 0 Å². The number of unbranched alkanes of at least 4 members (excludes halogenated alkanes) is 1. The Hall–Kier alpha value is -0.910. The van der Waals surface area contributed by atoms with Crippen molar-refractivity contribution in [1.82, 2.24) is 4.72 Å². The molecule has 0 saturated carbocycles. The van der Waals surface area contributed by atoms with E-state index in [0.717, 1.165) is 38.7 Å². The molecule has 0 aromatic heterocycles. The van der Waals surface area contributed by atoms with Gasteiger partial charge in [-0.1, -0.05) is 19.4 Å². The van der Waals surface area contributed by atoms with Crippen molar-refractivity contribution in [3.63, 3.8) is 0 Å². The van der Waals surface area contributed by atoms with Crippen molar-refractivity contribution in [1.29, 1.82) is 0 Å². The fourth-order valence-electron chi connectivity index (χ4n) is 2.69. The molecule has 1 aliphatic rings. The summed E-state index contributed by atoms with van der Waals surface area (Å²) in [7, 11) is -3.40. The zero-order valence-corrected chi connectivity index (χ0v) is 14.3. The highest BCUT2D eigenvalue weighted by Crippen LogP contribution is 2.23.